The Hall–Kier alpha value is -2.40. The average Bonchev–Trinajstić information content (AvgIpc) is 2.63. The number of allylic oxidation sites excluding steroid dienone is 4. The molecule has 0 saturated heterocycles. The molecular weight excluding hydrogens is 352 g/mol. The predicted molar refractivity (Wildman–Crippen MR) is 115 cm³/mol. The molecule has 0 heterocycles. The monoisotopic (exact) mass is 386 g/mol. The molecule has 1 rings (SSSR count). The van der Waals surface area contributed by atoms with Crippen LogP contribution >= 0.6 is 0 Å². The van der Waals surface area contributed by atoms with Crippen LogP contribution in [0.5, 0.6) is 5.75 Å². The van der Waals surface area contributed by atoms with Crippen LogP contribution in [0.3, 0.4) is 0 Å². The number of aromatic hydroxyl groups is 1. The molecule has 0 aromatic heterocycles. The molecule has 1 unspecified atom stereocenters. The lowest BCUT2D eigenvalue weighted by Gasteiger charge is -2.32. The molecular formula is C23H34N2O3. The van der Waals surface area contributed by atoms with Crippen LogP contribution in [0.4, 0.5) is 0 Å². The highest BCUT2D eigenvalue weighted by atomic mass is 16.4. The van der Waals surface area contributed by atoms with Crippen molar-refractivity contribution in [3.63, 3.8) is 0 Å². The summed E-state index contributed by atoms with van der Waals surface area (Å²) in [5.41, 5.74) is 1.54. The van der Waals surface area contributed by atoms with Crippen LogP contribution in [0, 0.1) is 5.41 Å². The highest BCUT2D eigenvalue weighted by Crippen LogP contribution is 2.36. The van der Waals surface area contributed by atoms with Gasteiger partial charge in [0.2, 0.25) is 0 Å². The second-order valence-electron chi connectivity index (χ2n) is 7.51. The van der Waals surface area contributed by atoms with E-state index < -0.39 is 11.7 Å². The van der Waals surface area contributed by atoms with Crippen molar-refractivity contribution in [2.24, 2.45) is 0 Å². The number of nitrogens with one attached hydrogen (secondary N) is 1. The molecule has 28 heavy (non-hydrogen) atoms. The van der Waals surface area contributed by atoms with E-state index in [1.165, 1.54) is 12.1 Å². The minimum absolute atomic E-state index is 0.0947. The topological polar surface area (TPSA) is 84.6 Å². The minimum atomic E-state index is -1.28. The number of carboxylic acid groups (broad SMARTS) is 1. The van der Waals surface area contributed by atoms with Gasteiger partial charge in [-0.3, -0.25) is 10.3 Å². The molecule has 0 aliphatic carbocycles. The van der Waals surface area contributed by atoms with Gasteiger partial charge < -0.3 is 10.2 Å². The van der Waals surface area contributed by atoms with E-state index in [0.717, 1.165) is 18.5 Å². The summed E-state index contributed by atoms with van der Waals surface area (Å²) in [6.07, 6.45) is 6.78. The number of hydrogen-bond acceptors (Lipinski definition) is 4. The number of rotatable bonds is 10. The van der Waals surface area contributed by atoms with Crippen molar-refractivity contribution in [2.45, 2.75) is 66.0 Å². The van der Waals surface area contributed by atoms with E-state index in [9.17, 15) is 9.90 Å². The first kappa shape index (κ1) is 23.6. The largest absolute Gasteiger partial charge is 0.508 e. The molecule has 0 fully saturated rings. The summed E-state index contributed by atoms with van der Waals surface area (Å²) in [5.74, 6) is -1.25. The van der Waals surface area contributed by atoms with Crippen molar-refractivity contribution in [3.05, 3.63) is 53.1 Å². The summed E-state index contributed by atoms with van der Waals surface area (Å²) in [6, 6.07) is 5.40. The molecule has 5 heteroatoms. The number of nitrogens with zero attached hydrogens (tertiary/aromatic N) is 1. The Kier molecular flexibility index (Phi) is 9.13. The van der Waals surface area contributed by atoms with Gasteiger partial charge in [-0.15, -0.1) is 0 Å². The van der Waals surface area contributed by atoms with E-state index in [1.807, 2.05) is 32.1 Å². The quantitative estimate of drug-likeness (QED) is 0.392. The van der Waals surface area contributed by atoms with Crippen LogP contribution in [-0.2, 0) is 4.79 Å². The van der Waals surface area contributed by atoms with Crippen LogP contribution < -0.4 is 0 Å². The molecule has 1 aromatic rings. The molecule has 154 valence electrons. The zero-order valence-electron chi connectivity index (χ0n) is 17.9. The standard InChI is InChI=1S/C23H34N2O3/c1-7-9-17(8-2)19(12-13-25(15(3)4)16(5)6)20-14-18(10-11-21(20)26)22(24)23(27)28/h7-11,14-16,19,24,26H,12-13H2,1-6H3,(H,27,28)/b9-7-,17-8+,24-22?. The number of hydrogen-bond donors (Lipinski definition) is 3. The normalized spacial score (nSPS) is 13.7. The first-order valence-electron chi connectivity index (χ1n) is 9.83. The van der Waals surface area contributed by atoms with E-state index in [-0.39, 0.29) is 11.7 Å². The van der Waals surface area contributed by atoms with Gasteiger partial charge in [-0.25, -0.2) is 4.79 Å². The number of carbonyl (C=O) groups is 1. The number of aliphatic carboxylic acids is 1. The summed E-state index contributed by atoms with van der Waals surface area (Å²) in [7, 11) is 0. The third-order valence-electron chi connectivity index (χ3n) is 5.00. The first-order valence-corrected chi connectivity index (χ1v) is 9.83. The molecule has 0 spiro atoms. The van der Waals surface area contributed by atoms with Gasteiger partial charge in [-0.05, 0) is 78.3 Å². The molecule has 0 aliphatic rings. The molecule has 0 aliphatic heterocycles. The van der Waals surface area contributed by atoms with Gasteiger partial charge in [-0.1, -0.05) is 18.2 Å². The third kappa shape index (κ3) is 6.06. The van der Waals surface area contributed by atoms with E-state index in [1.54, 1.807) is 6.07 Å². The maximum atomic E-state index is 11.2. The van der Waals surface area contributed by atoms with E-state index in [2.05, 4.69) is 32.6 Å². The second kappa shape index (κ2) is 10.8. The Bertz CT molecular complexity index is 740. The van der Waals surface area contributed by atoms with Crippen molar-refractivity contribution in [2.75, 3.05) is 6.54 Å². The zero-order valence-corrected chi connectivity index (χ0v) is 17.9. The van der Waals surface area contributed by atoms with Gasteiger partial charge in [0.05, 0.1) is 0 Å². The van der Waals surface area contributed by atoms with Gasteiger partial charge >= 0.3 is 5.97 Å². The van der Waals surface area contributed by atoms with Gasteiger partial charge in [-0.2, -0.15) is 0 Å². The van der Waals surface area contributed by atoms with Crippen molar-refractivity contribution in [1.82, 2.24) is 4.90 Å². The van der Waals surface area contributed by atoms with Crippen LogP contribution in [0.2, 0.25) is 0 Å². The first-order chi connectivity index (χ1) is 13.1. The Morgan fingerprint density at radius 3 is 2.25 bits per heavy atom. The fourth-order valence-corrected chi connectivity index (χ4v) is 3.61. The maximum Gasteiger partial charge on any atom is 0.354 e. The van der Waals surface area contributed by atoms with Crippen molar-refractivity contribution >= 4 is 11.7 Å². The molecule has 0 saturated carbocycles. The summed E-state index contributed by atoms with van der Waals surface area (Å²) in [4.78, 5) is 13.6. The van der Waals surface area contributed by atoms with Crippen molar-refractivity contribution in [3.8, 4) is 5.75 Å². The zero-order chi connectivity index (χ0) is 21.4. The Morgan fingerprint density at radius 2 is 1.79 bits per heavy atom. The Balaban J connectivity index is 3.38. The fourth-order valence-electron chi connectivity index (χ4n) is 3.61. The summed E-state index contributed by atoms with van der Waals surface area (Å²) in [5, 5.41) is 27.5. The number of benzene rings is 1. The van der Waals surface area contributed by atoms with E-state index in [0.29, 0.717) is 23.2 Å². The summed E-state index contributed by atoms with van der Waals surface area (Å²) < 4.78 is 0. The minimum Gasteiger partial charge on any atom is -0.508 e. The highest BCUT2D eigenvalue weighted by Gasteiger charge is 2.23. The van der Waals surface area contributed by atoms with Crippen molar-refractivity contribution < 1.29 is 15.0 Å². The second-order valence-corrected chi connectivity index (χ2v) is 7.51. The number of phenols is 1. The molecule has 1 atom stereocenters. The van der Waals surface area contributed by atoms with Gasteiger partial charge in [0.25, 0.3) is 0 Å². The molecule has 1 aromatic carbocycles. The Morgan fingerprint density at radius 1 is 1.18 bits per heavy atom. The predicted octanol–water partition coefficient (Wildman–Crippen LogP) is 4.96. The lowest BCUT2D eigenvalue weighted by Crippen LogP contribution is -2.38. The van der Waals surface area contributed by atoms with Crippen LogP contribution in [0.15, 0.2) is 42.0 Å². The number of carboxylic acids is 1. The lowest BCUT2D eigenvalue weighted by molar-refractivity contribution is -0.129. The molecule has 5 nitrogen and oxygen atoms in total. The molecule has 0 amide bonds. The van der Waals surface area contributed by atoms with Gasteiger partial charge in [0, 0.05) is 29.1 Å². The van der Waals surface area contributed by atoms with Gasteiger partial charge in [0.15, 0.2) is 0 Å². The molecule has 0 bridgehead atoms. The van der Waals surface area contributed by atoms with E-state index >= 15 is 0 Å². The lowest BCUT2D eigenvalue weighted by atomic mass is 9.85. The summed E-state index contributed by atoms with van der Waals surface area (Å²) >= 11 is 0. The highest BCUT2D eigenvalue weighted by molar-refractivity contribution is 6.41. The fraction of sp³-hybridized carbons (Fsp3) is 0.478. The molecule has 3 N–H and O–H groups in total. The van der Waals surface area contributed by atoms with Crippen LogP contribution in [0.25, 0.3) is 0 Å². The van der Waals surface area contributed by atoms with Gasteiger partial charge in [0.1, 0.15) is 11.5 Å². The third-order valence-corrected chi connectivity index (χ3v) is 5.00. The molecule has 0 radical (unpaired) electrons. The average molecular weight is 387 g/mol. The summed E-state index contributed by atoms with van der Waals surface area (Å²) in [6.45, 7) is 13.4. The smallest absolute Gasteiger partial charge is 0.354 e. The number of phenolic OH excluding ortho intramolecular Hbond substituents is 1. The van der Waals surface area contributed by atoms with Crippen molar-refractivity contribution in [1.29, 1.82) is 5.41 Å². The van der Waals surface area contributed by atoms with Crippen LogP contribution in [-0.4, -0.2) is 45.4 Å². The van der Waals surface area contributed by atoms with E-state index in [4.69, 9.17) is 10.5 Å². The van der Waals surface area contributed by atoms with Crippen LogP contribution in [0.1, 0.15) is 65.0 Å². The SMILES string of the molecule is C/C=C\C(=C/C)C(CCN(C(C)C)C(C)C)c1cc(C(=N)C(=O)O)ccc1O. The maximum absolute atomic E-state index is 11.2. The Labute approximate surface area is 168 Å².